The number of rotatable bonds is 5. The van der Waals surface area contributed by atoms with Crippen LogP contribution in [0.1, 0.15) is 19.4 Å². The first kappa shape index (κ1) is 12.5. The van der Waals surface area contributed by atoms with Crippen molar-refractivity contribution in [2.45, 2.75) is 19.4 Å². The predicted molar refractivity (Wildman–Crippen MR) is 71.9 cm³/mol. The highest BCUT2D eigenvalue weighted by molar-refractivity contribution is 7.71. The maximum absolute atomic E-state index is 5.30. The lowest BCUT2D eigenvalue weighted by molar-refractivity contribution is 0.153. The molecule has 0 spiro atoms. The molecule has 92 valence electrons. The number of hydrogen-bond donors (Lipinski definition) is 1. The van der Waals surface area contributed by atoms with Crippen molar-refractivity contribution in [3.63, 3.8) is 0 Å². The summed E-state index contributed by atoms with van der Waals surface area (Å²) in [7, 11) is 1.71. The van der Waals surface area contributed by atoms with Crippen LogP contribution in [-0.2, 0) is 4.74 Å². The Bertz CT molecular complexity index is 515. The molecular weight excluding hydrogens is 254 g/mol. The number of methoxy groups -OCH3 is 1. The summed E-state index contributed by atoms with van der Waals surface area (Å²) in [6, 6.07) is 4.29. The summed E-state index contributed by atoms with van der Waals surface area (Å²) in [4.78, 5) is 1.12. The molecule has 0 aliphatic heterocycles. The largest absolute Gasteiger partial charge is 0.383 e. The molecule has 0 radical (unpaired) electrons. The van der Waals surface area contributed by atoms with Gasteiger partial charge in [-0.1, -0.05) is 13.0 Å². The Labute approximate surface area is 109 Å². The van der Waals surface area contributed by atoms with Crippen molar-refractivity contribution in [2.24, 2.45) is 0 Å². The summed E-state index contributed by atoms with van der Waals surface area (Å²) in [5, 5.41) is 9.21. The van der Waals surface area contributed by atoms with Crippen molar-refractivity contribution in [3.05, 3.63) is 22.3 Å². The Kier molecular flexibility index (Phi) is 4.09. The highest BCUT2D eigenvalue weighted by Gasteiger charge is 2.17. The number of H-pyrrole nitrogens is 1. The molecule has 0 saturated heterocycles. The monoisotopic (exact) mass is 269 g/mol. The smallest absolute Gasteiger partial charge is 0.195 e. The van der Waals surface area contributed by atoms with E-state index in [2.05, 4.69) is 17.1 Å². The Balaban J connectivity index is 2.45. The number of aromatic amines is 1. The van der Waals surface area contributed by atoms with Crippen LogP contribution in [0.4, 0.5) is 0 Å². The van der Waals surface area contributed by atoms with Gasteiger partial charge in [0, 0.05) is 7.11 Å². The molecule has 0 aliphatic rings. The van der Waals surface area contributed by atoms with Crippen LogP contribution in [0.25, 0.3) is 10.7 Å². The first-order chi connectivity index (χ1) is 8.27. The summed E-state index contributed by atoms with van der Waals surface area (Å²) in [5.74, 6) is 0.897. The van der Waals surface area contributed by atoms with Crippen molar-refractivity contribution in [1.29, 1.82) is 0 Å². The standard InChI is InChI=1S/C11H15N3OS2/c1-3-8(7-15-2)14-10(12-13-11(14)16)9-5-4-6-17-9/h4-6,8H,3,7H2,1-2H3,(H,13,16). The molecule has 2 heterocycles. The number of hydrogen-bond acceptors (Lipinski definition) is 4. The maximum atomic E-state index is 5.30. The van der Waals surface area contributed by atoms with Crippen molar-refractivity contribution in [1.82, 2.24) is 14.8 Å². The fraction of sp³-hybridized carbons (Fsp3) is 0.455. The lowest BCUT2D eigenvalue weighted by Crippen LogP contribution is -2.15. The second-order valence-electron chi connectivity index (χ2n) is 3.72. The van der Waals surface area contributed by atoms with Gasteiger partial charge in [-0.05, 0) is 30.1 Å². The zero-order valence-electron chi connectivity index (χ0n) is 9.84. The molecule has 0 aliphatic carbocycles. The van der Waals surface area contributed by atoms with Gasteiger partial charge in [0.15, 0.2) is 10.6 Å². The van der Waals surface area contributed by atoms with Crippen molar-refractivity contribution < 1.29 is 4.74 Å². The van der Waals surface area contributed by atoms with Gasteiger partial charge in [-0.3, -0.25) is 9.67 Å². The summed E-state index contributed by atoms with van der Waals surface area (Å²) < 4.78 is 7.94. The molecule has 1 N–H and O–H groups in total. The molecule has 2 aromatic rings. The molecule has 0 saturated carbocycles. The maximum Gasteiger partial charge on any atom is 0.195 e. The molecule has 1 atom stereocenters. The molecule has 17 heavy (non-hydrogen) atoms. The molecule has 0 bridgehead atoms. The van der Waals surface area contributed by atoms with Crippen LogP contribution in [0.3, 0.4) is 0 Å². The van der Waals surface area contributed by atoms with E-state index in [9.17, 15) is 0 Å². The molecule has 1 unspecified atom stereocenters. The van der Waals surface area contributed by atoms with Gasteiger partial charge in [0.1, 0.15) is 0 Å². The number of nitrogens with zero attached hydrogens (tertiary/aromatic N) is 2. The van der Waals surface area contributed by atoms with Gasteiger partial charge >= 0.3 is 0 Å². The van der Waals surface area contributed by atoms with Gasteiger partial charge in [-0.25, -0.2) is 0 Å². The molecule has 0 amide bonds. The molecule has 2 aromatic heterocycles. The zero-order chi connectivity index (χ0) is 12.3. The van der Waals surface area contributed by atoms with Gasteiger partial charge in [0.25, 0.3) is 0 Å². The van der Waals surface area contributed by atoms with Crippen LogP contribution in [-0.4, -0.2) is 28.5 Å². The molecule has 0 aromatic carbocycles. The van der Waals surface area contributed by atoms with Crippen LogP contribution in [0.15, 0.2) is 17.5 Å². The Hall–Kier alpha value is -0.980. The summed E-state index contributed by atoms with van der Waals surface area (Å²) >= 11 is 6.96. The van der Waals surface area contributed by atoms with Crippen molar-refractivity contribution in [2.75, 3.05) is 13.7 Å². The quantitative estimate of drug-likeness (QED) is 0.847. The topological polar surface area (TPSA) is 42.8 Å². The average molecular weight is 269 g/mol. The highest BCUT2D eigenvalue weighted by atomic mass is 32.1. The Morgan fingerprint density at radius 3 is 3.06 bits per heavy atom. The first-order valence-corrected chi connectivity index (χ1v) is 6.76. The third-order valence-electron chi connectivity index (χ3n) is 2.64. The van der Waals surface area contributed by atoms with Crippen LogP contribution >= 0.6 is 23.6 Å². The average Bonchev–Trinajstić information content (AvgIpc) is 2.95. The minimum absolute atomic E-state index is 0.225. The van der Waals surface area contributed by atoms with Gasteiger partial charge in [0.05, 0.1) is 17.5 Å². The number of aromatic nitrogens is 3. The molecular formula is C11H15N3OS2. The molecule has 2 rings (SSSR count). The minimum atomic E-state index is 0.225. The van der Waals surface area contributed by atoms with Crippen LogP contribution in [0.2, 0.25) is 0 Å². The van der Waals surface area contributed by atoms with E-state index in [4.69, 9.17) is 17.0 Å². The van der Waals surface area contributed by atoms with Gasteiger partial charge in [-0.2, -0.15) is 5.10 Å². The van der Waals surface area contributed by atoms with Crippen LogP contribution in [0, 0.1) is 4.77 Å². The second kappa shape index (κ2) is 5.57. The lowest BCUT2D eigenvalue weighted by Gasteiger charge is -2.17. The number of ether oxygens (including phenoxy) is 1. The van der Waals surface area contributed by atoms with Crippen LogP contribution in [0.5, 0.6) is 0 Å². The first-order valence-electron chi connectivity index (χ1n) is 5.47. The van der Waals surface area contributed by atoms with E-state index in [0.717, 1.165) is 17.1 Å². The van der Waals surface area contributed by atoms with Crippen molar-refractivity contribution in [3.8, 4) is 10.7 Å². The zero-order valence-corrected chi connectivity index (χ0v) is 11.5. The third kappa shape index (κ3) is 2.48. The predicted octanol–water partition coefficient (Wildman–Crippen LogP) is 3.27. The van der Waals surface area contributed by atoms with E-state index >= 15 is 0 Å². The second-order valence-corrected chi connectivity index (χ2v) is 5.05. The number of thiophene rings is 1. The van der Waals surface area contributed by atoms with E-state index in [1.807, 2.05) is 22.1 Å². The normalized spacial score (nSPS) is 12.8. The van der Waals surface area contributed by atoms with E-state index in [0.29, 0.717) is 11.4 Å². The molecule has 6 heteroatoms. The van der Waals surface area contributed by atoms with Gasteiger partial charge in [0.2, 0.25) is 0 Å². The fourth-order valence-corrected chi connectivity index (χ4v) is 2.78. The summed E-state index contributed by atoms with van der Waals surface area (Å²) in [6.07, 6.45) is 0.958. The summed E-state index contributed by atoms with van der Waals surface area (Å²) in [6.45, 7) is 2.76. The van der Waals surface area contributed by atoms with Gasteiger partial charge < -0.3 is 4.74 Å². The lowest BCUT2D eigenvalue weighted by atomic mass is 10.2. The van der Waals surface area contributed by atoms with Gasteiger partial charge in [-0.15, -0.1) is 11.3 Å². The number of nitrogens with one attached hydrogen (secondary N) is 1. The molecule has 4 nitrogen and oxygen atoms in total. The Morgan fingerprint density at radius 1 is 1.65 bits per heavy atom. The van der Waals surface area contributed by atoms with E-state index < -0.39 is 0 Å². The van der Waals surface area contributed by atoms with Crippen molar-refractivity contribution >= 4 is 23.6 Å². The van der Waals surface area contributed by atoms with Crippen LogP contribution < -0.4 is 0 Å². The highest BCUT2D eigenvalue weighted by Crippen LogP contribution is 2.26. The fourth-order valence-electron chi connectivity index (χ4n) is 1.79. The van der Waals surface area contributed by atoms with E-state index in [1.165, 1.54) is 0 Å². The minimum Gasteiger partial charge on any atom is -0.383 e. The summed E-state index contributed by atoms with van der Waals surface area (Å²) in [5.41, 5.74) is 0. The van der Waals surface area contributed by atoms with E-state index in [-0.39, 0.29) is 6.04 Å². The SMILES string of the molecule is CCC(COC)n1c(-c2cccs2)n[nH]c1=S. The Morgan fingerprint density at radius 2 is 2.47 bits per heavy atom. The third-order valence-corrected chi connectivity index (χ3v) is 3.80. The van der Waals surface area contributed by atoms with E-state index in [1.54, 1.807) is 18.4 Å². The molecule has 0 fully saturated rings.